The van der Waals surface area contributed by atoms with Crippen molar-refractivity contribution in [3.05, 3.63) is 0 Å². The molecule has 1 atom stereocenters. The molecule has 1 aliphatic carbocycles. The summed E-state index contributed by atoms with van der Waals surface area (Å²) in [5, 5.41) is 20.5. The second-order valence-electron chi connectivity index (χ2n) is 5.20. The number of urea groups is 1. The van der Waals surface area contributed by atoms with Gasteiger partial charge in [-0.25, -0.2) is 4.79 Å². The Bertz CT molecular complexity index is 385. The second-order valence-corrected chi connectivity index (χ2v) is 5.20. The van der Waals surface area contributed by atoms with Gasteiger partial charge in [0.2, 0.25) is 0 Å². The van der Waals surface area contributed by atoms with Gasteiger partial charge in [-0.15, -0.1) is 0 Å². The molecule has 19 heavy (non-hydrogen) atoms. The van der Waals surface area contributed by atoms with Crippen LogP contribution in [0.1, 0.15) is 39.5 Å². The molecule has 0 spiro atoms. The van der Waals surface area contributed by atoms with Crippen LogP contribution in [0.2, 0.25) is 0 Å². The molecule has 2 N–H and O–H groups in total. The van der Waals surface area contributed by atoms with Crippen molar-refractivity contribution in [2.45, 2.75) is 45.1 Å². The highest BCUT2D eigenvalue weighted by atomic mass is 16.4. The van der Waals surface area contributed by atoms with Crippen molar-refractivity contribution in [3.8, 4) is 6.07 Å². The Morgan fingerprint density at radius 2 is 2.16 bits per heavy atom. The molecule has 0 saturated heterocycles. The number of nitrogens with zero attached hydrogens (tertiary/aromatic N) is 2. The van der Waals surface area contributed by atoms with Crippen LogP contribution < -0.4 is 5.32 Å². The zero-order chi connectivity index (χ0) is 14.5. The highest BCUT2D eigenvalue weighted by molar-refractivity contribution is 5.77. The van der Waals surface area contributed by atoms with E-state index in [2.05, 4.69) is 11.4 Å². The number of carboxylic acid groups (broad SMARTS) is 1. The molecule has 0 aromatic heterocycles. The first-order chi connectivity index (χ1) is 8.92. The molecule has 1 unspecified atom stereocenters. The summed E-state index contributed by atoms with van der Waals surface area (Å²) in [5.74, 6) is -1.13. The van der Waals surface area contributed by atoms with E-state index >= 15 is 0 Å². The molecule has 6 heteroatoms. The molecular weight excluding hydrogens is 246 g/mol. The fourth-order valence-electron chi connectivity index (χ4n) is 2.27. The summed E-state index contributed by atoms with van der Waals surface area (Å²) < 4.78 is 0. The Kier molecular flexibility index (Phi) is 5.16. The van der Waals surface area contributed by atoms with Crippen LogP contribution in [0, 0.1) is 17.2 Å². The number of hydrogen-bond donors (Lipinski definition) is 2. The Morgan fingerprint density at radius 1 is 1.53 bits per heavy atom. The van der Waals surface area contributed by atoms with Crippen LogP contribution in [0.25, 0.3) is 0 Å². The lowest BCUT2D eigenvalue weighted by Crippen LogP contribution is -2.58. The second kappa shape index (κ2) is 6.41. The predicted octanol–water partition coefficient (Wildman–Crippen LogP) is 1.57. The Hall–Kier alpha value is -1.77. The van der Waals surface area contributed by atoms with Gasteiger partial charge in [-0.3, -0.25) is 4.79 Å². The summed E-state index contributed by atoms with van der Waals surface area (Å²) in [6.07, 6.45) is 2.31. The van der Waals surface area contributed by atoms with Crippen molar-refractivity contribution in [1.82, 2.24) is 10.2 Å². The van der Waals surface area contributed by atoms with Crippen LogP contribution in [0.5, 0.6) is 0 Å². The van der Waals surface area contributed by atoms with E-state index in [1.165, 1.54) is 0 Å². The van der Waals surface area contributed by atoms with Gasteiger partial charge >= 0.3 is 12.0 Å². The minimum absolute atomic E-state index is 0.0376. The Balaban J connectivity index is 2.60. The molecule has 0 aromatic carbocycles. The number of hydrogen-bond acceptors (Lipinski definition) is 3. The predicted molar refractivity (Wildman–Crippen MR) is 69.4 cm³/mol. The number of nitrogens with one attached hydrogen (secondary N) is 1. The number of rotatable bonds is 6. The fraction of sp³-hybridized carbons (Fsp3) is 0.769. The van der Waals surface area contributed by atoms with E-state index in [0.717, 1.165) is 6.42 Å². The Labute approximate surface area is 113 Å². The molecule has 106 valence electrons. The lowest BCUT2D eigenvalue weighted by atomic mass is 9.74. The molecule has 6 nitrogen and oxygen atoms in total. The van der Waals surface area contributed by atoms with Crippen LogP contribution in [-0.2, 0) is 4.79 Å². The molecule has 1 fully saturated rings. The van der Waals surface area contributed by atoms with Crippen molar-refractivity contribution in [2.75, 3.05) is 13.1 Å². The van der Waals surface area contributed by atoms with E-state index in [0.29, 0.717) is 25.9 Å². The topological polar surface area (TPSA) is 93.4 Å². The van der Waals surface area contributed by atoms with Gasteiger partial charge in [-0.1, -0.05) is 0 Å². The monoisotopic (exact) mass is 267 g/mol. The minimum Gasteiger partial charge on any atom is -0.481 e. The third-order valence-electron chi connectivity index (χ3n) is 3.56. The van der Waals surface area contributed by atoms with E-state index in [9.17, 15) is 9.59 Å². The van der Waals surface area contributed by atoms with Gasteiger partial charge in [0.1, 0.15) is 0 Å². The summed E-state index contributed by atoms with van der Waals surface area (Å²) >= 11 is 0. The van der Waals surface area contributed by atoms with Gasteiger partial charge in [0, 0.05) is 13.1 Å². The first kappa shape index (κ1) is 15.3. The lowest BCUT2D eigenvalue weighted by molar-refractivity contribution is -0.139. The maximum Gasteiger partial charge on any atom is 0.317 e. The molecule has 0 heterocycles. The molecule has 1 saturated carbocycles. The molecular formula is C13H21N3O3. The van der Waals surface area contributed by atoms with E-state index in [4.69, 9.17) is 10.4 Å². The summed E-state index contributed by atoms with van der Waals surface area (Å²) in [6.45, 7) is 4.46. The van der Waals surface area contributed by atoms with Crippen LogP contribution in [0.4, 0.5) is 4.79 Å². The van der Waals surface area contributed by atoms with Crippen molar-refractivity contribution in [3.63, 3.8) is 0 Å². The van der Waals surface area contributed by atoms with E-state index in [1.807, 2.05) is 6.92 Å². The number of carboxylic acids is 1. The minimum atomic E-state index is -0.895. The van der Waals surface area contributed by atoms with Crippen LogP contribution in [0.3, 0.4) is 0 Å². The Morgan fingerprint density at radius 3 is 2.53 bits per heavy atom. The molecule has 0 radical (unpaired) electrons. The van der Waals surface area contributed by atoms with Crippen LogP contribution in [0.15, 0.2) is 0 Å². The molecule has 0 aliphatic heterocycles. The van der Waals surface area contributed by atoms with Crippen LogP contribution in [-0.4, -0.2) is 40.6 Å². The largest absolute Gasteiger partial charge is 0.481 e. The van der Waals surface area contributed by atoms with E-state index in [1.54, 1.807) is 11.8 Å². The average Bonchev–Trinajstić information content (AvgIpc) is 2.31. The number of aliphatic carboxylic acids is 1. The smallest absolute Gasteiger partial charge is 0.317 e. The summed E-state index contributed by atoms with van der Waals surface area (Å²) in [5.41, 5.74) is -0.591. The van der Waals surface area contributed by atoms with Gasteiger partial charge in [0.05, 0.1) is 23.9 Å². The molecule has 2 amide bonds. The lowest BCUT2D eigenvalue weighted by Gasteiger charge is -2.42. The standard InChI is InChI=1S/C13H21N3O3/c1-3-16(9-10(2)8-14)12(19)15-13(5-4-6-13)7-11(17)18/h10H,3-7,9H2,1-2H3,(H,15,19)(H,17,18). The quantitative estimate of drug-likeness (QED) is 0.764. The third kappa shape index (κ3) is 4.12. The van der Waals surface area contributed by atoms with Gasteiger partial charge in [0.25, 0.3) is 0 Å². The maximum absolute atomic E-state index is 12.1. The van der Waals surface area contributed by atoms with E-state index in [-0.39, 0.29) is 18.4 Å². The summed E-state index contributed by atoms with van der Waals surface area (Å²) in [7, 11) is 0. The highest BCUT2D eigenvalue weighted by Crippen LogP contribution is 2.35. The van der Waals surface area contributed by atoms with E-state index < -0.39 is 11.5 Å². The van der Waals surface area contributed by atoms with Gasteiger partial charge in [-0.05, 0) is 33.1 Å². The van der Waals surface area contributed by atoms with Crippen molar-refractivity contribution < 1.29 is 14.7 Å². The fourth-order valence-corrected chi connectivity index (χ4v) is 2.27. The third-order valence-corrected chi connectivity index (χ3v) is 3.56. The number of carbonyl (C=O) groups is 2. The van der Waals surface area contributed by atoms with Gasteiger partial charge in [-0.2, -0.15) is 5.26 Å². The first-order valence-electron chi connectivity index (χ1n) is 6.61. The molecule has 1 rings (SSSR count). The summed E-state index contributed by atoms with van der Waals surface area (Å²) in [6, 6.07) is 1.82. The van der Waals surface area contributed by atoms with Gasteiger partial charge in [0.15, 0.2) is 0 Å². The van der Waals surface area contributed by atoms with Crippen LogP contribution >= 0.6 is 0 Å². The number of carbonyl (C=O) groups excluding carboxylic acids is 1. The van der Waals surface area contributed by atoms with Crippen molar-refractivity contribution in [1.29, 1.82) is 5.26 Å². The highest BCUT2D eigenvalue weighted by Gasteiger charge is 2.41. The van der Waals surface area contributed by atoms with Crippen molar-refractivity contribution in [2.24, 2.45) is 5.92 Å². The molecule has 0 bridgehead atoms. The van der Waals surface area contributed by atoms with Crippen molar-refractivity contribution >= 4 is 12.0 Å². The molecule has 1 aliphatic rings. The zero-order valence-corrected chi connectivity index (χ0v) is 11.5. The SMILES string of the molecule is CCN(CC(C)C#N)C(=O)NC1(CC(=O)O)CCC1. The number of amides is 2. The molecule has 0 aromatic rings. The normalized spacial score (nSPS) is 17.7. The number of nitriles is 1. The van der Waals surface area contributed by atoms with Gasteiger partial charge < -0.3 is 15.3 Å². The maximum atomic E-state index is 12.1. The first-order valence-corrected chi connectivity index (χ1v) is 6.61. The summed E-state index contributed by atoms with van der Waals surface area (Å²) in [4.78, 5) is 24.5. The zero-order valence-electron chi connectivity index (χ0n) is 11.5. The average molecular weight is 267 g/mol.